The number of para-hydroxylation sites is 1. The molecule has 0 radical (unpaired) electrons. The molecule has 0 spiro atoms. The number of benzene rings is 2. The molecule has 0 saturated carbocycles. The number of sulfone groups is 1. The van der Waals surface area contributed by atoms with Gasteiger partial charge in [0.15, 0.2) is 9.84 Å². The van der Waals surface area contributed by atoms with E-state index in [1.165, 1.54) is 12.1 Å². The molecule has 7 nitrogen and oxygen atoms in total. The Morgan fingerprint density at radius 2 is 2.08 bits per heavy atom. The van der Waals surface area contributed by atoms with Gasteiger partial charge in [0.05, 0.1) is 27.5 Å². The third-order valence-electron chi connectivity index (χ3n) is 4.18. The van der Waals surface area contributed by atoms with Crippen LogP contribution in [0.3, 0.4) is 0 Å². The van der Waals surface area contributed by atoms with Crippen LogP contribution in [0.15, 0.2) is 41.3 Å². The quantitative estimate of drug-likeness (QED) is 0.620. The van der Waals surface area contributed by atoms with Gasteiger partial charge in [0, 0.05) is 17.9 Å². The Labute approximate surface area is 156 Å². The minimum absolute atomic E-state index is 0.0950. The molecule has 138 valence electrons. The van der Waals surface area contributed by atoms with Gasteiger partial charge in [-0.3, -0.25) is 10.1 Å². The molecule has 9 heteroatoms. The lowest BCUT2D eigenvalue weighted by molar-refractivity contribution is -0.384. The maximum atomic E-state index is 11.7. The third kappa shape index (κ3) is 3.76. The van der Waals surface area contributed by atoms with Crippen molar-refractivity contribution < 1.29 is 18.1 Å². The maximum Gasteiger partial charge on any atom is 0.293 e. The summed E-state index contributed by atoms with van der Waals surface area (Å²) in [4.78, 5) is 10.7. The normalized spacial score (nSPS) is 16.9. The molecule has 0 fully saturated rings. The van der Waals surface area contributed by atoms with Crippen LogP contribution in [0.25, 0.3) is 0 Å². The van der Waals surface area contributed by atoms with Crippen LogP contribution in [-0.4, -0.2) is 26.2 Å². The fourth-order valence-electron chi connectivity index (χ4n) is 2.92. The Balaban J connectivity index is 2.02. The van der Waals surface area contributed by atoms with E-state index < -0.39 is 14.8 Å². The monoisotopic (exact) mass is 396 g/mol. The number of halogens is 1. The molecule has 1 aliphatic heterocycles. The topological polar surface area (TPSA) is 98.5 Å². The molecule has 0 aliphatic carbocycles. The number of hydrogen-bond acceptors (Lipinski definition) is 6. The van der Waals surface area contributed by atoms with Crippen molar-refractivity contribution in [1.29, 1.82) is 0 Å². The van der Waals surface area contributed by atoms with Crippen LogP contribution in [0.4, 0.5) is 11.4 Å². The molecule has 1 atom stereocenters. The summed E-state index contributed by atoms with van der Waals surface area (Å²) in [6.45, 7) is 0.504. The molecule has 1 heterocycles. The largest absolute Gasteiger partial charge is 0.492 e. The second kappa shape index (κ2) is 7.13. The number of anilines is 1. The van der Waals surface area contributed by atoms with Crippen LogP contribution in [0, 0.1) is 10.1 Å². The number of nitro benzene ring substituents is 1. The highest BCUT2D eigenvalue weighted by Crippen LogP contribution is 2.40. The number of nitrogens with one attached hydrogen (secondary N) is 1. The summed E-state index contributed by atoms with van der Waals surface area (Å²) in [6.07, 6.45) is 2.45. The highest BCUT2D eigenvalue weighted by atomic mass is 35.5. The Morgan fingerprint density at radius 3 is 2.77 bits per heavy atom. The molecule has 1 aliphatic rings. The minimum atomic E-state index is -3.54. The summed E-state index contributed by atoms with van der Waals surface area (Å²) >= 11 is 6.21. The molecule has 26 heavy (non-hydrogen) atoms. The Kier molecular flexibility index (Phi) is 5.06. The van der Waals surface area contributed by atoms with Gasteiger partial charge in [-0.15, -0.1) is 0 Å². The number of nitro groups is 1. The minimum Gasteiger partial charge on any atom is -0.492 e. The van der Waals surface area contributed by atoms with E-state index in [1.54, 1.807) is 12.1 Å². The summed E-state index contributed by atoms with van der Waals surface area (Å²) in [5, 5.41) is 15.1. The van der Waals surface area contributed by atoms with Gasteiger partial charge in [0.25, 0.3) is 5.69 Å². The highest BCUT2D eigenvalue weighted by Gasteiger charge is 2.25. The van der Waals surface area contributed by atoms with Gasteiger partial charge in [-0.2, -0.15) is 0 Å². The number of rotatable bonds is 4. The summed E-state index contributed by atoms with van der Waals surface area (Å²) in [6, 6.07) is 9.00. The predicted octanol–water partition coefficient (Wildman–Crippen LogP) is 3.98. The first-order valence-electron chi connectivity index (χ1n) is 7.93. The Bertz CT molecular complexity index is 962. The van der Waals surface area contributed by atoms with Crippen LogP contribution in [0.5, 0.6) is 5.75 Å². The summed E-state index contributed by atoms with van der Waals surface area (Å²) in [5.74, 6) is 0.569. The molecule has 1 N–H and O–H groups in total. The lowest BCUT2D eigenvalue weighted by Crippen LogP contribution is -2.12. The van der Waals surface area contributed by atoms with Crippen LogP contribution >= 0.6 is 11.6 Å². The van der Waals surface area contributed by atoms with E-state index in [2.05, 4.69) is 5.32 Å². The van der Waals surface area contributed by atoms with E-state index in [4.69, 9.17) is 16.3 Å². The standard InChI is InChI=1S/C17H17ClN2O5S/c1-26(23,24)11-7-8-15(16(10-11)20(21)22)19-14-6-3-9-25-17-12(14)4-2-5-13(17)18/h2,4-5,7-8,10,14,19H,3,6,9H2,1H3. The lowest BCUT2D eigenvalue weighted by atomic mass is 10.0. The molecule has 1 unspecified atom stereocenters. The molecule has 2 aromatic carbocycles. The molecule has 3 rings (SSSR count). The summed E-state index contributed by atoms with van der Waals surface area (Å²) in [5.41, 5.74) is 0.776. The second-order valence-electron chi connectivity index (χ2n) is 6.05. The summed E-state index contributed by atoms with van der Waals surface area (Å²) in [7, 11) is -3.54. The van der Waals surface area contributed by atoms with Gasteiger partial charge in [-0.1, -0.05) is 23.7 Å². The van der Waals surface area contributed by atoms with Crippen molar-refractivity contribution >= 4 is 32.8 Å². The van der Waals surface area contributed by atoms with E-state index in [-0.39, 0.29) is 22.3 Å². The van der Waals surface area contributed by atoms with E-state index in [0.717, 1.165) is 24.3 Å². The van der Waals surface area contributed by atoms with E-state index in [9.17, 15) is 18.5 Å². The average molecular weight is 397 g/mol. The van der Waals surface area contributed by atoms with Crippen LogP contribution in [0.2, 0.25) is 5.02 Å². The molecule has 0 aromatic heterocycles. The number of hydrogen-bond donors (Lipinski definition) is 1. The third-order valence-corrected chi connectivity index (χ3v) is 5.59. The Hall–Kier alpha value is -2.32. The first-order valence-corrected chi connectivity index (χ1v) is 10.2. The molecule has 0 saturated heterocycles. The van der Waals surface area contributed by atoms with Gasteiger partial charge in [0.1, 0.15) is 11.4 Å². The van der Waals surface area contributed by atoms with Crippen LogP contribution in [0.1, 0.15) is 24.4 Å². The van der Waals surface area contributed by atoms with Crippen molar-refractivity contribution in [2.45, 2.75) is 23.8 Å². The fraction of sp³-hybridized carbons (Fsp3) is 0.294. The van der Waals surface area contributed by atoms with Crippen molar-refractivity contribution in [3.8, 4) is 5.75 Å². The zero-order valence-corrected chi connectivity index (χ0v) is 15.5. The lowest BCUT2D eigenvalue weighted by Gasteiger charge is -2.20. The zero-order chi connectivity index (χ0) is 18.9. The van der Waals surface area contributed by atoms with Crippen molar-refractivity contribution in [3.05, 3.63) is 57.1 Å². The first kappa shape index (κ1) is 18.5. The molecule has 0 amide bonds. The van der Waals surface area contributed by atoms with Gasteiger partial charge >= 0.3 is 0 Å². The molecular formula is C17H17ClN2O5S. The number of ether oxygens (including phenoxy) is 1. The predicted molar refractivity (Wildman–Crippen MR) is 98.8 cm³/mol. The number of fused-ring (bicyclic) bond motifs is 1. The van der Waals surface area contributed by atoms with Gasteiger partial charge in [-0.25, -0.2) is 8.42 Å². The van der Waals surface area contributed by atoms with Gasteiger partial charge in [-0.05, 0) is 31.0 Å². The fourth-order valence-corrected chi connectivity index (χ4v) is 3.80. The zero-order valence-electron chi connectivity index (χ0n) is 13.9. The van der Waals surface area contributed by atoms with Crippen molar-refractivity contribution in [1.82, 2.24) is 0 Å². The van der Waals surface area contributed by atoms with Gasteiger partial charge in [0.2, 0.25) is 0 Å². The maximum absolute atomic E-state index is 11.7. The average Bonchev–Trinajstić information content (AvgIpc) is 2.78. The van der Waals surface area contributed by atoms with E-state index >= 15 is 0 Å². The van der Waals surface area contributed by atoms with Crippen molar-refractivity contribution in [2.75, 3.05) is 18.2 Å². The van der Waals surface area contributed by atoms with Crippen LogP contribution in [-0.2, 0) is 9.84 Å². The second-order valence-corrected chi connectivity index (χ2v) is 8.48. The van der Waals surface area contributed by atoms with E-state index in [1.807, 2.05) is 6.07 Å². The molecule has 2 aromatic rings. The number of nitrogens with zero attached hydrogens (tertiary/aromatic N) is 1. The molecule has 0 bridgehead atoms. The van der Waals surface area contributed by atoms with E-state index in [0.29, 0.717) is 23.8 Å². The SMILES string of the molecule is CS(=O)(=O)c1ccc(NC2CCCOc3c(Cl)cccc32)c([N+](=O)[O-])c1. The summed E-state index contributed by atoms with van der Waals surface area (Å²) < 4.78 is 29.1. The smallest absolute Gasteiger partial charge is 0.293 e. The highest BCUT2D eigenvalue weighted by molar-refractivity contribution is 7.90. The van der Waals surface area contributed by atoms with Crippen LogP contribution < -0.4 is 10.1 Å². The van der Waals surface area contributed by atoms with Crippen molar-refractivity contribution in [2.24, 2.45) is 0 Å². The van der Waals surface area contributed by atoms with Crippen molar-refractivity contribution in [3.63, 3.8) is 0 Å². The van der Waals surface area contributed by atoms with Gasteiger partial charge < -0.3 is 10.1 Å². The first-order chi connectivity index (χ1) is 12.3. The Morgan fingerprint density at radius 1 is 1.31 bits per heavy atom. The molecular weight excluding hydrogens is 380 g/mol.